The molecular formula is C13H17N3. The van der Waals surface area contributed by atoms with Gasteiger partial charge in [0.05, 0.1) is 17.4 Å². The van der Waals surface area contributed by atoms with Crippen LogP contribution in [0.1, 0.15) is 32.3 Å². The van der Waals surface area contributed by atoms with Crippen molar-refractivity contribution < 1.29 is 0 Å². The Hall–Kier alpha value is -1.56. The zero-order valence-electron chi connectivity index (χ0n) is 9.85. The number of aromatic nitrogens is 1. The van der Waals surface area contributed by atoms with Crippen LogP contribution in [0.25, 0.3) is 0 Å². The lowest BCUT2D eigenvalue weighted by Crippen LogP contribution is -2.30. The van der Waals surface area contributed by atoms with E-state index in [1.165, 1.54) is 12.8 Å². The molecule has 1 aromatic rings. The minimum Gasteiger partial charge on any atom is -0.366 e. The van der Waals surface area contributed by atoms with Crippen molar-refractivity contribution in [2.75, 3.05) is 11.4 Å². The van der Waals surface area contributed by atoms with Gasteiger partial charge in [-0.05, 0) is 24.8 Å². The van der Waals surface area contributed by atoms with E-state index in [0.717, 1.165) is 17.8 Å². The van der Waals surface area contributed by atoms with Crippen LogP contribution in [-0.4, -0.2) is 17.6 Å². The highest BCUT2D eigenvalue weighted by Crippen LogP contribution is 2.33. The average molecular weight is 215 g/mol. The zero-order chi connectivity index (χ0) is 11.5. The molecule has 1 aliphatic carbocycles. The summed E-state index contributed by atoms with van der Waals surface area (Å²) in [5.41, 5.74) is 1.74. The van der Waals surface area contributed by atoms with E-state index < -0.39 is 0 Å². The smallest absolute Gasteiger partial charge is 0.101 e. The number of anilines is 1. The van der Waals surface area contributed by atoms with Gasteiger partial charge in [0.1, 0.15) is 6.07 Å². The number of hydrogen-bond donors (Lipinski definition) is 0. The molecule has 2 rings (SSSR count). The van der Waals surface area contributed by atoms with E-state index in [4.69, 9.17) is 5.26 Å². The molecule has 84 valence electrons. The first-order valence-electron chi connectivity index (χ1n) is 5.83. The van der Waals surface area contributed by atoms with Gasteiger partial charge in [0, 0.05) is 18.8 Å². The van der Waals surface area contributed by atoms with Gasteiger partial charge in [0.2, 0.25) is 0 Å². The van der Waals surface area contributed by atoms with Crippen molar-refractivity contribution in [3.8, 4) is 6.07 Å². The third-order valence-electron chi connectivity index (χ3n) is 2.78. The van der Waals surface area contributed by atoms with Crippen molar-refractivity contribution in [3.05, 3.63) is 24.0 Å². The molecule has 0 atom stereocenters. The van der Waals surface area contributed by atoms with Gasteiger partial charge in [0.25, 0.3) is 0 Å². The lowest BCUT2D eigenvalue weighted by Gasteiger charge is -2.27. The fraction of sp³-hybridized carbons (Fsp3) is 0.538. The molecule has 1 aliphatic rings. The minimum atomic E-state index is 0.604. The highest BCUT2D eigenvalue weighted by atomic mass is 15.2. The summed E-state index contributed by atoms with van der Waals surface area (Å²) in [4.78, 5) is 6.48. The molecule has 1 fully saturated rings. The lowest BCUT2D eigenvalue weighted by atomic mass is 10.1. The van der Waals surface area contributed by atoms with E-state index in [9.17, 15) is 0 Å². The quantitative estimate of drug-likeness (QED) is 0.775. The van der Waals surface area contributed by atoms with Crippen molar-refractivity contribution in [1.82, 2.24) is 4.98 Å². The Morgan fingerprint density at radius 1 is 1.56 bits per heavy atom. The Kier molecular flexibility index (Phi) is 3.09. The second-order valence-electron chi connectivity index (χ2n) is 4.78. The average Bonchev–Trinajstić information content (AvgIpc) is 3.09. The van der Waals surface area contributed by atoms with E-state index in [2.05, 4.69) is 29.8 Å². The molecule has 3 nitrogen and oxygen atoms in total. The standard InChI is InChI=1S/C13H17N3/c1-10(2)9-16(12-3-4-12)13-8-15-6-5-11(13)7-14/h5-6,8,10,12H,3-4,9H2,1-2H3. The van der Waals surface area contributed by atoms with Gasteiger partial charge in [-0.2, -0.15) is 5.26 Å². The Morgan fingerprint density at radius 3 is 2.88 bits per heavy atom. The normalized spacial score (nSPS) is 14.9. The first-order chi connectivity index (χ1) is 7.72. The van der Waals surface area contributed by atoms with E-state index >= 15 is 0 Å². The van der Waals surface area contributed by atoms with Gasteiger partial charge in [0.15, 0.2) is 0 Å². The predicted octanol–water partition coefficient (Wildman–Crippen LogP) is 2.58. The second kappa shape index (κ2) is 4.52. The van der Waals surface area contributed by atoms with Gasteiger partial charge in [-0.25, -0.2) is 0 Å². The summed E-state index contributed by atoms with van der Waals surface area (Å²) in [6.07, 6.45) is 5.99. The molecule has 0 aliphatic heterocycles. The number of nitriles is 1. The molecule has 1 saturated carbocycles. The van der Waals surface area contributed by atoms with E-state index in [1.807, 2.05) is 6.20 Å². The van der Waals surface area contributed by atoms with Crippen molar-refractivity contribution in [2.45, 2.75) is 32.7 Å². The fourth-order valence-corrected chi connectivity index (χ4v) is 1.93. The molecule has 1 aromatic heterocycles. The van der Waals surface area contributed by atoms with Crippen molar-refractivity contribution in [3.63, 3.8) is 0 Å². The maximum atomic E-state index is 9.10. The summed E-state index contributed by atoms with van der Waals surface area (Å²) in [5.74, 6) is 0.604. The van der Waals surface area contributed by atoms with Crippen LogP contribution in [-0.2, 0) is 0 Å². The van der Waals surface area contributed by atoms with Crippen LogP contribution >= 0.6 is 0 Å². The summed E-state index contributed by atoms with van der Waals surface area (Å²) in [6.45, 7) is 5.42. The first-order valence-corrected chi connectivity index (χ1v) is 5.83. The van der Waals surface area contributed by atoms with Crippen LogP contribution in [0.3, 0.4) is 0 Å². The third-order valence-corrected chi connectivity index (χ3v) is 2.78. The highest BCUT2D eigenvalue weighted by molar-refractivity contribution is 5.58. The molecule has 0 bridgehead atoms. The predicted molar refractivity (Wildman–Crippen MR) is 64.2 cm³/mol. The Labute approximate surface area is 96.7 Å². The van der Waals surface area contributed by atoms with Crippen LogP contribution in [0.2, 0.25) is 0 Å². The Bertz CT molecular complexity index is 402. The molecule has 0 radical (unpaired) electrons. The maximum Gasteiger partial charge on any atom is 0.101 e. The van der Waals surface area contributed by atoms with Gasteiger partial charge >= 0.3 is 0 Å². The van der Waals surface area contributed by atoms with Crippen LogP contribution in [0, 0.1) is 17.2 Å². The molecule has 0 aromatic carbocycles. The largest absolute Gasteiger partial charge is 0.366 e. The molecule has 3 heteroatoms. The molecule has 0 amide bonds. The van der Waals surface area contributed by atoms with Crippen LogP contribution in [0.15, 0.2) is 18.5 Å². The van der Waals surface area contributed by atoms with Crippen LogP contribution in [0.5, 0.6) is 0 Å². The monoisotopic (exact) mass is 215 g/mol. The summed E-state index contributed by atoms with van der Waals surface area (Å²) in [7, 11) is 0. The van der Waals surface area contributed by atoms with Gasteiger partial charge in [-0.15, -0.1) is 0 Å². The zero-order valence-corrected chi connectivity index (χ0v) is 9.85. The van der Waals surface area contributed by atoms with Crippen molar-refractivity contribution in [2.24, 2.45) is 5.92 Å². The van der Waals surface area contributed by atoms with E-state index in [1.54, 1.807) is 12.3 Å². The van der Waals surface area contributed by atoms with Crippen LogP contribution in [0.4, 0.5) is 5.69 Å². The van der Waals surface area contributed by atoms with Gasteiger partial charge in [-0.3, -0.25) is 4.98 Å². The Morgan fingerprint density at radius 2 is 2.31 bits per heavy atom. The van der Waals surface area contributed by atoms with E-state index in [-0.39, 0.29) is 0 Å². The molecule has 0 N–H and O–H groups in total. The van der Waals surface area contributed by atoms with Crippen molar-refractivity contribution in [1.29, 1.82) is 5.26 Å². The van der Waals surface area contributed by atoms with E-state index in [0.29, 0.717) is 12.0 Å². The van der Waals surface area contributed by atoms with Gasteiger partial charge in [-0.1, -0.05) is 13.8 Å². The molecule has 0 spiro atoms. The highest BCUT2D eigenvalue weighted by Gasteiger charge is 2.30. The molecular weight excluding hydrogens is 198 g/mol. The third kappa shape index (κ3) is 2.33. The molecule has 0 unspecified atom stereocenters. The molecule has 16 heavy (non-hydrogen) atoms. The lowest BCUT2D eigenvalue weighted by molar-refractivity contribution is 0.606. The number of nitrogens with zero attached hydrogens (tertiary/aromatic N) is 3. The first kappa shape index (κ1) is 10.9. The van der Waals surface area contributed by atoms with Crippen molar-refractivity contribution >= 4 is 5.69 Å². The minimum absolute atomic E-state index is 0.604. The molecule has 0 saturated heterocycles. The maximum absolute atomic E-state index is 9.10. The summed E-state index contributed by atoms with van der Waals surface area (Å²) < 4.78 is 0. The van der Waals surface area contributed by atoms with Gasteiger partial charge < -0.3 is 4.90 Å². The summed E-state index contributed by atoms with van der Waals surface area (Å²) >= 11 is 0. The molecule has 1 heterocycles. The topological polar surface area (TPSA) is 39.9 Å². The number of pyridine rings is 1. The second-order valence-corrected chi connectivity index (χ2v) is 4.78. The van der Waals surface area contributed by atoms with Crippen LogP contribution < -0.4 is 4.90 Å². The summed E-state index contributed by atoms with van der Waals surface area (Å²) in [5, 5.41) is 9.10. The number of hydrogen-bond acceptors (Lipinski definition) is 3. The Balaban J connectivity index is 2.27. The number of rotatable bonds is 4. The summed E-state index contributed by atoms with van der Waals surface area (Å²) in [6, 6.07) is 4.67. The SMILES string of the molecule is CC(C)CN(c1cnccc1C#N)C1CC1. The fourth-order valence-electron chi connectivity index (χ4n) is 1.93.